The molecule has 4 nitrogen and oxygen atoms in total. The number of allylic oxidation sites excluding steroid dienone is 4. The number of unbranched alkanes of at least 4 members (excludes halogenated alkanes) is 5. The number of hydrogen-bond acceptors (Lipinski definition) is 4. The number of aliphatic hydroxyl groups excluding tert-OH is 3. The zero-order valence-electron chi connectivity index (χ0n) is 25.0. The van der Waals surface area contributed by atoms with Gasteiger partial charge in [0.25, 0.3) is 0 Å². The zero-order valence-corrected chi connectivity index (χ0v) is 25.0. The van der Waals surface area contributed by atoms with Gasteiger partial charge in [0.2, 0.25) is 0 Å². The lowest BCUT2D eigenvalue weighted by molar-refractivity contribution is -0.127. The summed E-state index contributed by atoms with van der Waals surface area (Å²) >= 11 is 0. The highest BCUT2D eigenvalue weighted by atomic mass is 16.3. The number of carbonyl (C=O) groups excluding carboxylic acids is 1. The minimum atomic E-state index is -0.646. The van der Waals surface area contributed by atoms with E-state index in [4.69, 9.17) is 0 Å². The summed E-state index contributed by atoms with van der Waals surface area (Å²) in [5.41, 5.74) is 2.46. The monoisotopic (exact) mass is 540 g/mol. The Morgan fingerprint density at radius 3 is 2.36 bits per heavy atom. The van der Waals surface area contributed by atoms with Crippen LogP contribution in [0.5, 0.6) is 0 Å². The second kappa shape index (κ2) is 13.6. The number of rotatable bonds is 13. The fourth-order valence-corrected chi connectivity index (χ4v) is 8.46. The molecule has 0 aromatic rings. The van der Waals surface area contributed by atoms with Crippen LogP contribution in [0.4, 0.5) is 0 Å². The summed E-state index contributed by atoms with van der Waals surface area (Å²) in [7, 11) is 0. The molecule has 0 aromatic carbocycles. The summed E-state index contributed by atoms with van der Waals surface area (Å²) < 4.78 is 0. The maximum Gasteiger partial charge on any atom is 0.141 e. The van der Waals surface area contributed by atoms with Crippen LogP contribution in [-0.2, 0) is 4.79 Å². The van der Waals surface area contributed by atoms with Crippen molar-refractivity contribution in [1.29, 1.82) is 0 Å². The molecule has 0 radical (unpaired) electrons. The first-order valence-electron chi connectivity index (χ1n) is 16.3. The molecule has 0 saturated heterocycles. The maximum absolute atomic E-state index is 13.0. The van der Waals surface area contributed by atoms with Crippen LogP contribution in [0.25, 0.3) is 0 Å². The van der Waals surface area contributed by atoms with Crippen LogP contribution in [-0.4, -0.2) is 39.4 Å². The lowest BCUT2D eigenvalue weighted by atomic mass is 9.61. The van der Waals surface area contributed by atoms with Gasteiger partial charge in [-0.2, -0.15) is 0 Å². The van der Waals surface area contributed by atoms with Gasteiger partial charge in [0, 0.05) is 6.42 Å². The molecule has 0 amide bonds. The predicted octanol–water partition coefficient (Wildman–Crippen LogP) is 7.61. The van der Waals surface area contributed by atoms with Gasteiger partial charge in [-0.15, -0.1) is 0 Å². The number of fused-ring (bicyclic) bond motifs is 1. The highest BCUT2D eigenvalue weighted by Gasteiger charge is 2.54. The Labute approximate surface area is 238 Å². The summed E-state index contributed by atoms with van der Waals surface area (Å²) in [5.74, 6) is 1.82. The molecule has 0 aliphatic heterocycles. The molecule has 4 fully saturated rings. The van der Waals surface area contributed by atoms with Gasteiger partial charge < -0.3 is 15.3 Å². The van der Waals surface area contributed by atoms with Crippen LogP contribution in [0.2, 0.25) is 0 Å². The molecular formula is C35H56O4. The molecule has 7 atom stereocenters. The first kappa shape index (κ1) is 30.7. The second-order valence-corrected chi connectivity index (χ2v) is 13.9. The minimum absolute atomic E-state index is 0.258. The minimum Gasteiger partial charge on any atom is -0.393 e. The van der Waals surface area contributed by atoms with Crippen LogP contribution in [0.3, 0.4) is 0 Å². The van der Waals surface area contributed by atoms with Crippen LogP contribution in [0.1, 0.15) is 130 Å². The quantitative estimate of drug-likeness (QED) is 0.166. The van der Waals surface area contributed by atoms with Gasteiger partial charge >= 0.3 is 0 Å². The lowest BCUT2D eigenvalue weighted by Crippen LogP contribution is -2.35. The second-order valence-electron chi connectivity index (χ2n) is 13.9. The van der Waals surface area contributed by atoms with Gasteiger partial charge in [0.15, 0.2) is 0 Å². The maximum atomic E-state index is 13.0. The van der Waals surface area contributed by atoms with Crippen molar-refractivity contribution in [3.63, 3.8) is 0 Å². The van der Waals surface area contributed by atoms with E-state index in [1.165, 1.54) is 56.9 Å². The Morgan fingerprint density at radius 2 is 1.67 bits per heavy atom. The van der Waals surface area contributed by atoms with Crippen LogP contribution >= 0.6 is 0 Å². The first-order valence-corrected chi connectivity index (χ1v) is 16.3. The SMILES string of the molecule is CCCCCCCCC(=O)C1([C@@H](O)/C=C/[C@@H](C)[C@H]2CC[C@H]3/C(=C/C=C4C[C@@H](O)C[C@H](O)C4)CCC[C@]23C)CC1. The van der Waals surface area contributed by atoms with E-state index >= 15 is 0 Å². The van der Waals surface area contributed by atoms with E-state index in [1.54, 1.807) is 5.57 Å². The smallest absolute Gasteiger partial charge is 0.141 e. The van der Waals surface area contributed by atoms with Gasteiger partial charge in [-0.05, 0) is 93.8 Å². The van der Waals surface area contributed by atoms with E-state index in [2.05, 4.69) is 39.0 Å². The standard InChI is InChI=1S/C35H56O4/c1-4-5-6-7-8-9-12-32(38)35(20-21-35)33(39)18-13-25(2)30-16-17-31-27(11-10-19-34(30,31)3)15-14-26-22-28(36)24-29(37)23-26/h13-15,18,25,28-31,33,36-37,39H,4-12,16-17,19-24H2,1-3H3/b18-13+,27-15+/t25-,28-,29-,30-,31+,33+,34-/m1/s1. The molecule has 0 spiro atoms. The summed E-state index contributed by atoms with van der Waals surface area (Å²) in [4.78, 5) is 13.0. The molecule has 220 valence electrons. The van der Waals surface area contributed by atoms with Crippen molar-refractivity contribution in [1.82, 2.24) is 0 Å². The number of Topliss-reactive ketones (excluding diaryl/α,β-unsaturated/α-hetero) is 1. The summed E-state index contributed by atoms with van der Waals surface area (Å²) in [6, 6.07) is 0. The van der Waals surface area contributed by atoms with E-state index in [-0.39, 0.29) is 11.2 Å². The van der Waals surface area contributed by atoms with E-state index in [9.17, 15) is 20.1 Å². The summed E-state index contributed by atoms with van der Waals surface area (Å²) in [5, 5.41) is 31.2. The van der Waals surface area contributed by atoms with Gasteiger partial charge in [0.05, 0.1) is 23.7 Å². The Balaban J connectivity index is 1.33. The molecule has 3 N–H and O–H groups in total. The van der Waals surface area contributed by atoms with Crippen molar-refractivity contribution in [3.8, 4) is 0 Å². The van der Waals surface area contributed by atoms with Crippen molar-refractivity contribution in [2.75, 3.05) is 0 Å². The van der Waals surface area contributed by atoms with Crippen LogP contribution in [0.15, 0.2) is 35.5 Å². The molecule has 4 heteroatoms. The number of ketones is 1. The predicted molar refractivity (Wildman–Crippen MR) is 159 cm³/mol. The van der Waals surface area contributed by atoms with Crippen LogP contribution in [0, 0.1) is 28.6 Å². The molecule has 0 heterocycles. The fourth-order valence-electron chi connectivity index (χ4n) is 8.46. The van der Waals surface area contributed by atoms with Crippen molar-refractivity contribution >= 4 is 5.78 Å². The van der Waals surface area contributed by atoms with E-state index in [0.29, 0.717) is 43.4 Å². The fraction of sp³-hybridized carbons (Fsp3) is 0.800. The van der Waals surface area contributed by atoms with Gasteiger partial charge in [-0.1, -0.05) is 88.3 Å². The van der Waals surface area contributed by atoms with Gasteiger partial charge in [-0.25, -0.2) is 0 Å². The molecule has 0 aromatic heterocycles. The normalized spacial score (nSPS) is 34.7. The molecule has 0 bridgehead atoms. The Hall–Kier alpha value is -1.23. The highest BCUT2D eigenvalue weighted by molar-refractivity contribution is 5.88. The molecule has 0 unspecified atom stereocenters. The topological polar surface area (TPSA) is 77.8 Å². The lowest BCUT2D eigenvalue weighted by Gasteiger charge is -2.44. The molecule has 39 heavy (non-hydrogen) atoms. The van der Waals surface area contributed by atoms with Crippen molar-refractivity contribution < 1.29 is 20.1 Å². The summed E-state index contributed by atoms with van der Waals surface area (Å²) in [6.07, 6.45) is 24.5. The van der Waals surface area contributed by atoms with Gasteiger partial charge in [0.1, 0.15) is 5.78 Å². The Kier molecular flexibility index (Phi) is 10.7. The van der Waals surface area contributed by atoms with Crippen molar-refractivity contribution in [2.45, 2.75) is 148 Å². The van der Waals surface area contributed by atoms with Gasteiger partial charge in [-0.3, -0.25) is 4.79 Å². The molecule has 4 rings (SSSR count). The molecular weight excluding hydrogens is 484 g/mol. The number of hydrogen-bond donors (Lipinski definition) is 3. The summed E-state index contributed by atoms with van der Waals surface area (Å²) in [6.45, 7) is 7.02. The number of carbonyl (C=O) groups is 1. The first-order chi connectivity index (χ1) is 18.7. The third-order valence-corrected chi connectivity index (χ3v) is 11.0. The Bertz CT molecular complexity index is 900. The van der Waals surface area contributed by atoms with Crippen molar-refractivity contribution in [2.24, 2.45) is 28.6 Å². The largest absolute Gasteiger partial charge is 0.393 e. The molecule has 4 saturated carbocycles. The number of aliphatic hydroxyl groups is 3. The average molecular weight is 541 g/mol. The van der Waals surface area contributed by atoms with E-state index in [1.807, 2.05) is 6.08 Å². The van der Waals surface area contributed by atoms with E-state index < -0.39 is 23.7 Å². The molecule has 4 aliphatic carbocycles. The van der Waals surface area contributed by atoms with Crippen LogP contribution < -0.4 is 0 Å². The third-order valence-electron chi connectivity index (χ3n) is 11.0. The Morgan fingerprint density at radius 1 is 0.974 bits per heavy atom. The molecule has 4 aliphatic rings. The average Bonchev–Trinajstić information content (AvgIpc) is 3.63. The van der Waals surface area contributed by atoms with E-state index in [0.717, 1.165) is 32.1 Å². The van der Waals surface area contributed by atoms with Crippen molar-refractivity contribution in [3.05, 3.63) is 35.5 Å². The zero-order chi connectivity index (χ0) is 28.0. The third kappa shape index (κ3) is 7.35. The highest BCUT2D eigenvalue weighted by Crippen LogP contribution is 2.59.